The van der Waals surface area contributed by atoms with Crippen LogP contribution >= 0.6 is 12.4 Å². The van der Waals surface area contributed by atoms with Crippen molar-refractivity contribution in [3.05, 3.63) is 53.5 Å². The molecule has 1 atom stereocenters. The summed E-state index contributed by atoms with van der Waals surface area (Å²) in [6.07, 6.45) is 3.74. The van der Waals surface area contributed by atoms with E-state index in [-0.39, 0.29) is 24.2 Å². The van der Waals surface area contributed by atoms with Crippen LogP contribution in [0.2, 0.25) is 0 Å². The third-order valence-electron chi connectivity index (χ3n) is 4.18. The van der Waals surface area contributed by atoms with Crippen LogP contribution in [0, 0.1) is 6.92 Å². The summed E-state index contributed by atoms with van der Waals surface area (Å²) < 4.78 is 5.12. The Kier molecular flexibility index (Phi) is 6.61. The highest BCUT2D eigenvalue weighted by Gasteiger charge is 2.15. The van der Waals surface area contributed by atoms with Gasteiger partial charge in [0.15, 0.2) is 0 Å². The van der Waals surface area contributed by atoms with Crippen molar-refractivity contribution in [3.8, 4) is 0 Å². The third kappa shape index (κ3) is 4.84. The zero-order chi connectivity index (χ0) is 16.9. The van der Waals surface area contributed by atoms with E-state index in [4.69, 9.17) is 4.42 Å². The van der Waals surface area contributed by atoms with Gasteiger partial charge in [0, 0.05) is 23.8 Å². The van der Waals surface area contributed by atoms with E-state index >= 15 is 0 Å². The van der Waals surface area contributed by atoms with E-state index in [1.165, 1.54) is 6.26 Å². The molecule has 0 radical (unpaired) electrons. The molecule has 0 aliphatic carbocycles. The molecule has 2 aromatic rings. The van der Waals surface area contributed by atoms with Crippen LogP contribution in [0.15, 0.2) is 41.0 Å². The van der Waals surface area contributed by atoms with Gasteiger partial charge < -0.3 is 20.4 Å². The summed E-state index contributed by atoms with van der Waals surface area (Å²) in [4.78, 5) is 24.2. The van der Waals surface area contributed by atoms with Crippen molar-refractivity contribution >= 4 is 29.9 Å². The molecule has 7 heteroatoms. The molecular formula is C18H22ClN3O3. The Morgan fingerprint density at radius 2 is 1.96 bits per heavy atom. The molecule has 1 aromatic heterocycles. The highest BCUT2D eigenvalue weighted by Crippen LogP contribution is 2.14. The number of nitrogens with one attached hydrogen (secondary N) is 3. The van der Waals surface area contributed by atoms with Crippen LogP contribution in [0.3, 0.4) is 0 Å². The number of hydrogen-bond donors (Lipinski definition) is 3. The summed E-state index contributed by atoms with van der Waals surface area (Å²) >= 11 is 0. The quantitative estimate of drug-likeness (QED) is 0.762. The third-order valence-corrected chi connectivity index (χ3v) is 4.18. The molecule has 0 unspecified atom stereocenters. The number of rotatable bonds is 5. The average Bonchev–Trinajstić information content (AvgIpc) is 3.24. The van der Waals surface area contributed by atoms with E-state index in [9.17, 15) is 9.59 Å². The molecule has 1 fully saturated rings. The van der Waals surface area contributed by atoms with Crippen molar-refractivity contribution < 1.29 is 14.0 Å². The second-order valence-electron chi connectivity index (χ2n) is 5.93. The van der Waals surface area contributed by atoms with Crippen LogP contribution in [-0.2, 0) is 0 Å². The van der Waals surface area contributed by atoms with Crippen molar-refractivity contribution in [1.82, 2.24) is 10.6 Å². The van der Waals surface area contributed by atoms with Crippen LogP contribution in [0.25, 0.3) is 0 Å². The number of hydrogen-bond acceptors (Lipinski definition) is 4. The van der Waals surface area contributed by atoms with Crippen LogP contribution in [0.5, 0.6) is 0 Å². The molecular weight excluding hydrogens is 342 g/mol. The largest absolute Gasteiger partial charge is 0.469 e. The molecule has 1 aliphatic rings. The molecule has 1 aromatic carbocycles. The van der Waals surface area contributed by atoms with Gasteiger partial charge in [-0.3, -0.25) is 9.59 Å². The lowest BCUT2D eigenvalue weighted by molar-refractivity contribution is 0.0949. The summed E-state index contributed by atoms with van der Waals surface area (Å²) in [5.41, 5.74) is 1.71. The monoisotopic (exact) mass is 363 g/mol. The van der Waals surface area contributed by atoms with E-state index < -0.39 is 0 Å². The fraction of sp³-hybridized carbons (Fsp3) is 0.333. The molecule has 2 heterocycles. The number of carbonyl (C=O) groups is 2. The predicted octanol–water partition coefficient (Wildman–Crippen LogP) is 2.74. The Morgan fingerprint density at radius 3 is 2.56 bits per heavy atom. The lowest BCUT2D eigenvalue weighted by atomic mass is 10.1. The van der Waals surface area contributed by atoms with Gasteiger partial charge in [0.1, 0.15) is 5.76 Å². The predicted molar refractivity (Wildman–Crippen MR) is 98.4 cm³/mol. The average molecular weight is 364 g/mol. The Bertz CT molecular complexity index is 721. The van der Waals surface area contributed by atoms with Gasteiger partial charge in [0.2, 0.25) is 0 Å². The molecule has 6 nitrogen and oxygen atoms in total. The highest BCUT2D eigenvalue weighted by atomic mass is 35.5. The number of benzene rings is 1. The van der Waals surface area contributed by atoms with E-state index in [1.807, 2.05) is 0 Å². The first-order valence-electron chi connectivity index (χ1n) is 8.10. The minimum absolute atomic E-state index is 0. The van der Waals surface area contributed by atoms with Crippen LogP contribution < -0.4 is 16.0 Å². The minimum Gasteiger partial charge on any atom is -0.469 e. The van der Waals surface area contributed by atoms with Gasteiger partial charge in [-0.15, -0.1) is 12.4 Å². The first kappa shape index (κ1) is 19.0. The lowest BCUT2D eigenvalue weighted by Crippen LogP contribution is -2.37. The molecule has 25 heavy (non-hydrogen) atoms. The summed E-state index contributed by atoms with van der Waals surface area (Å²) in [5.74, 6) is 0.238. The molecule has 1 aliphatic heterocycles. The van der Waals surface area contributed by atoms with Crippen molar-refractivity contribution in [3.63, 3.8) is 0 Å². The molecule has 3 N–H and O–H groups in total. The zero-order valence-corrected chi connectivity index (χ0v) is 14.8. The second-order valence-corrected chi connectivity index (χ2v) is 5.93. The standard InChI is InChI=1S/C18H21N3O3.ClH/c1-12-16(8-10-24-12)18(23)21-14-6-4-13(5-7-14)17(22)20-11-15-3-2-9-19-15;/h4-8,10,15,19H,2-3,9,11H2,1H3,(H,20,22)(H,21,23);1H/t15-;/m1./s1. The van der Waals surface area contributed by atoms with Gasteiger partial charge in [-0.1, -0.05) is 0 Å². The Hall–Kier alpha value is -2.31. The highest BCUT2D eigenvalue weighted by molar-refractivity contribution is 6.05. The minimum atomic E-state index is -0.231. The fourth-order valence-electron chi connectivity index (χ4n) is 2.77. The van der Waals surface area contributed by atoms with E-state index in [0.717, 1.165) is 19.4 Å². The summed E-state index contributed by atoms with van der Waals surface area (Å²) in [7, 11) is 0. The molecule has 1 saturated heterocycles. The SMILES string of the molecule is Cc1occc1C(=O)Nc1ccc(C(=O)NC[C@H]2CCCN2)cc1.Cl. The Balaban J connectivity index is 0.00000225. The first-order chi connectivity index (χ1) is 11.6. The number of halogens is 1. The second kappa shape index (κ2) is 8.69. The summed E-state index contributed by atoms with van der Waals surface area (Å²) in [6.45, 7) is 3.39. The topological polar surface area (TPSA) is 83.4 Å². The number of anilines is 1. The maximum Gasteiger partial charge on any atom is 0.259 e. The first-order valence-corrected chi connectivity index (χ1v) is 8.10. The van der Waals surface area contributed by atoms with Gasteiger partial charge in [-0.2, -0.15) is 0 Å². The van der Waals surface area contributed by atoms with Crippen LogP contribution in [0.1, 0.15) is 39.3 Å². The fourth-order valence-corrected chi connectivity index (χ4v) is 2.77. The van der Waals surface area contributed by atoms with Crippen molar-refractivity contribution in [2.45, 2.75) is 25.8 Å². The van der Waals surface area contributed by atoms with Crippen molar-refractivity contribution in [1.29, 1.82) is 0 Å². The normalized spacial score (nSPS) is 16.1. The van der Waals surface area contributed by atoms with Crippen molar-refractivity contribution in [2.75, 3.05) is 18.4 Å². The van der Waals surface area contributed by atoms with Crippen LogP contribution in [0.4, 0.5) is 5.69 Å². The lowest BCUT2D eigenvalue weighted by Gasteiger charge is -2.11. The van der Waals surface area contributed by atoms with Gasteiger partial charge >= 0.3 is 0 Å². The van der Waals surface area contributed by atoms with Gasteiger partial charge in [0.05, 0.1) is 11.8 Å². The maximum absolute atomic E-state index is 12.1. The smallest absolute Gasteiger partial charge is 0.259 e. The van der Waals surface area contributed by atoms with E-state index in [1.54, 1.807) is 37.3 Å². The number of carbonyl (C=O) groups excluding carboxylic acids is 2. The maximum atomic E-state index is 12.1. The molecule has 2 amide bonds. The van der Waals surface area contributed by atoms with Crippen molar-refractivity contribution in [2.24, 2.45) is 0 Å². The number of amides is 2. The summed E-state index contributed by atoms with van der Waals surface area (Å²) in [6, 6.07) is 8.84. The zero-order valence-electron chi connectivity index (χ0n) is 14.0. The Morgan fingerprint density at radius 1 is 1.20 bits per heavy atom. The molecule has 0 bridgehead atoms. The Labute approximate surface area is 152 Å². The van der Waals surface area contributed by atoms with Crippen LogP contribution in [-0.4, -0.2) is 30.9 Å². The van der Waals surface area contributed by atoms with E-state index in [2.05, 4.69) is 16.0 Å². The number of furan rings is 1. The van der Waals surface area contributed by atoms with Gasteiger partial charge in [-0.05, 0) is 56.6 Å². The number of aryl methyl sites for hydroxylation is 1. The van der Waals surface area contributed by atoms with E-state index in [0.29, 0.717) is 35.2 Å². The van der Waals surface area contributed by atoms with Gasteiger partial charge in [0.25, 0.3) is 11.8 Å². The summed E-state index contributed by atoms with van der Waals surface area (Å²) in [5, 5.41) is 9.06. The molecule has 3 rings (SSSR count). The molecule has 0 spiro atoms. The van der Waals surface area contributed by atoms with Gasteiger partial charge in [-0.25, -0.2) is 0 Å². The molecule has 134 valence electrons. The molecule has 0 saturated carbocycles.